The number of pyridine rings is 1. The summed E-state index contributed by atoms with van der Waals surface area (Å²) >= 11 is 0. The van der Waals surface area contributed by atoms with E-state index in [4.69, 9.17) is 9.17 Å². The van der Waals surface area contributed by atoms with Crippen LogP contribution >= 0.6 is 0 Å². The van der Waals surface area contributed by atoms with Crippen molar-refractivity contribution in [2.75, 3.05) is 5.32 Å². The molecule has 1 aliphatic carbocycles. The highest BCUT2D eigenvalue weighted by Gasteiger charge is 2.24. The molecule has 0 amide bonds. The van der Waals surface area contributed by atoms with Crippen molar-refractivity contribution in [3.8, 4) is 17.0 Å². The van der Waals surface area contributed by atoms with E-state index in [0.29, 0.717) is 17.3 Å². The van der Waals surface area contributed by atoms with E-state index in [9.17, 15) is 8.42 Å². The minimum Gasteiger partial charge on any atom is -0.378 e. The van der Waals surface area contributed by atoms with Gasteiger partial charge in [-0.3, -0.25) is 4.40 Å². The number of fused-ring (bicyclic) bond motifs is 1. The Morgan fingerprint density at radius 3 is 2.41 bits per heavy atom. The lowest BCUT2D eigenvalue weighted by atomic mass is 9.95. The van der Waals surface area contributed by atoms with Gasteiger partial charge in [0.05, 0.1) is 0 Å². The third kappa shape index (κ3) is 4.08. The van der Waals surface area contributed by atoms with Gasteiger partial charge in [-0.2, -0.15) is 8.42 Å². The molecular weight excluding hydrogens is 422 g/mol. The number of rotatable bonds is 6. The minimum absolute atomic E-state index is 0.116. The Kier molecular flexibility index (Phi) is 5.57. The number of hydrogen-bond donors (Lipinski definition) is 1. The summed E-state index contributed by atoms with van der Waals surface area (Å²) in [5, 5.41) is 3.69. The van der Waals surface area contributed by atoms with Crippen molar-refractivity contribution in [3.63, 3.8) is 0 Å². The Labute approximate surface area is 188 Å². The maximum atomic E-state index is 12.9. The number of hydrogen-bond acceptors (Lipinski definition) is 5. The lowest BCUT2D eigenvalue weighted by molar-refractivity contribution is 0.461. The van der Waals surface area contributed by atoms with Crippen molar-refractivity contribution < 1.29 is 12.6 Å². The summed E-state index contributed by atoms with van der Waals surface area (Å²) in [6.45, 7) is 0. The molecule has 32 heavy (non-hydrogen) atoms. The van der Waals surface area contributed by atoms with Crippen LogP contribution in [0.3, 0.4) is 0 Å². The van der Waals surface area contributed by atoms with Gasteiger partial charge in [0.15, 0.2) is 5.75 Å². The molecule has 0 radical (unpaired) electrons. The predicted octanol–water partition coefficient (Wildman–Crippen LogP) is 5.51. The molecule has 4 aromatic rings. The molecule has 0 atom stereocenters. The number of imidazole rings is 1. The molecule has 2 heterocycles. The van der Waals surface area contributed by atoms with E-state index in [-0.39, 0.29) is 10.6 Å². The van der Waals surface area contributed by atoms with Gasteiger partial charge in [-0.15, -0.1) is 0 Å². The summed E-state index contributed by atoms with van der Waals surface area (Å²) in [5.74, 6) is 1.12. The monoisotopic (exact) mass is 447 g/mol. The molecule has 0 spiro atoms. The number of benzene rings is 2. The normalized spacial score (nSPS) is 15.0. The van der Waals surface area contributed by atoms with Crippen LogP contribution in [0, 0.1) is 0 Å². The molecule has 0 unspecified atom stereocenters. The zero-order valence-corrected chi connectivity index (χ0v) is 18.5. The van der Waals surface area contributed by atoms with E-state index >= 15 is 0 Å². The average Bonchev–Trinajstić information content (AvgIpc) is 3.19. The lowest BCUT2D eigenvalue weighted by Crippen LogP contribution is -2.23. The summed E-state index contributed by atoms with van der Waals surface area (Å²) in [7, 11) is -3.97. The van der Waals surface area contributed by atoms with Crippen LogP contribution in [0.2, 0.25) is 0 Å². The minimum atomic E-state index is -3.97. The van der Waals surface area contributed by atoms with E-state index in [1.54, 1.807) is 30.3 Å². The van der Waals surface area contributed by atoms with Crippen LogP contribution in [0.15, 0.2) is 83.9 Å². The molecule has 2 aromatic carbocycles. The number of anilines is 1. The maximum Gasteiger partial charge on any atom is 0.339 e. The second kappa shape index (κ2) is 8.67. The first-order chi connectivity index (χ1) is 15.6. The van der Waals surface area contributed by atoms with E-state index in [1.165, 1.54) is 31.4 Å². The summed E-state index contributed by atoms with van der Waals surface area (Å²) < 4.78 is 33.4. The van der Waals surface area contributed by atoms with Gasteiger partial charge in [-0.05, 0) is 49.2 Å². The Morgan fingerprint density at radius 1 is 0.875 bits per heavy atom. The molecule has 1 saturated carbocycles. The first-order valence-corrected chi connectivity index (χ1v) is 12.4. The fourth-order valence-electron chi connectivity index (χ4n) is 4.25. The summed E-state index contributed by atoms with van der Waals surface area (Å²) in [6.07, 6.45) is 7.88. The Balaban J connectivity index is 1.58. The van der Waals surface area contributed by atoms with Crippen LogP contribution in [0.1, 0.15) is 32.1 Å². The number of nitrogens with one attached hydrogen (secondary N) is 1. The van der Waals surface area contributed by atoms with Crippen LogP contribution in [0.4, 0.5) is 5.82 Å². The van der Waals surface area contributed by atoms with Crippen molar-refractivity contribution in [1.82, 2.24) is 9.38 Å². The average molecular weight is 448 g/mol. The van der Waals surface area contributed by atoms with Crippen molar-refractivity contribution >= 4 is 21.6 Å². The molecule has 1 fully saturated rings. The van der Waals surface area contributed by atoms with Gasteiger partial charge in [-0.25, -0.2) is 4.98 Å². The predicted molar refractivity (Wildman–Crippen MR) is 125 cm³/mol. The highest BCUT2D eigenvalue weighted by Crippen LogP contribution is 2.37. The Morgan fingerprint density at radius 2 is 1.59 bits per heavy atom. The Bertz CT molecular complexity index is 1330. The molecule has 164 valence electrons. The first kappa shape index (κ1) is 20.6. The van der Waals surface area contributed by atoms with Gasteiger partial charge in [0.1, 0.15) is 22.1 Å². The van der Waals surface area contributed by atoms with Gasteiger partial charge < -0.3 is 9.50 Å². The fourth-order valence-corrected chi connectivity index (χ4v) is 5.22. The summed E-state index contributed by atoms with van der Waals surface area (Å²) in [5.41, 5.74) is 2.11. The molecule has 5 rings (SSSR count). The van der Waals surface area contributed by atoms with Gasteiger partial charge >= 0.3 is 10.1 Å². The van der Waals surface area contributed by atoms with Gasteiger partial charge in [0.2, 0.25) is 0 Å². The van der Waals surface area contributed by atoms with E-state index in [0.717, 1.165) is 24.3 Å². The zero-order chi connectivity index (χ0) is 22.0. The van der Waals surface area contributed by atoms with Gasteiger partial charge in [0, 0.05) is 17.8 Å². The molecule has 1 aliphatic rings. The topological polar surface area (TPSA) is 72.7 Å². The second-order valence-electron chi connectivity index (χ2n) is 8.06. The van der Waals surface area contributed by atoms with Crippen LogP contribution in [0.25, 0.3) is 16.9 Å². The van der Waals surface area contributed by atoms with Crippen molar-refractivity contribution in [3.05, 3.63) is 79.0 Å². The van der Waals surface area contributed by atoms with Crippen LogP contribution in [-0.2, 0) is 10.1 Å². The maximum absolute atomic E-state index is 12.9. The van der Waals surface area contributed by atoms with Crippen LogP contribution in [-0.4, -0.2) is 23.8 Å². The van der Waals surface area contributed by atoms with Gasteiger partial charge in [-0.1, -0.05) is 55.7 Å². The highest BCUT2D eigenvalue weighted by molar-refractivity contribution is 7.87. The molecule has 0 saturated heterocycles. The molecule has 6 nitrogen and oxygen atoms in total. The highest BCUT2D eigenvalue weighted by atomic mass is 32.2. The fraction of sp³-hybridized carbons (Fsp3) is 0.240. The molecule has 1 N–H and O–H groups in total. The molecular formula is C25H25N3O3S. The number of para-hydroxylation sites is 1. The van der Waals surface area contributed by atoms with Crippen LogP contribution in [0.5, 0.6) is 5.75 Å². The third-order valence-corrected chi connectivity index (χ3v) is 7.10. The summed E-state index contributed by atoms with van der Waals surface area (Å²) in [4.78, 5) is 4.95. The van der Waals surface area contributed by atoms with Crippen molar-refractivity contribution in [2.24, 2.45) is 0 Å². The Hall–Kier alpha value is -3.32. The van der Waals surface area contributed by atoms with E-state index < -0.39 is 10.1 Å². The standard InChI is InChI=1S/C25H25N3O3S/c29-32(30,20-13-5-2-6-14-20)31-22-16-8-7-15-21(22)24-25(26-19-11-3-1-4-12-19)28-18-10-9-17-23(28)27-24/h2,5-10,13-19,26H,1,3-4,11-12H2. The number of nitrogens with zero attached hydrogens (tertiary/aromatic N) is 2. The largest absolute Gasteiger partial charge is 0.378 e. The first-order valence-electron chi connectivity index (χ1n) is 10.9. The van der Waals surface area contributed by atoms with E-state index in [1.807, 2.05) is 40.9 Å². The smallest absolute Gasteiger partial charge is 0.339 e. The molecule has 0 aliphatic heterocycles. The number of aromatic nitrogens is 2. The zero-order valence-electron chi connectivity index (χ0n) is 17.6. The van der Waals surface area contributed by atoms with E-state index in [2.05, 4.69) is 5.32 Å². The van der Waals surface area contributed by atoms with Gasteiger partial charge in [0.25, 0.3) is 0 Å². The van der Waals surface area contributed by atoms with Crippen molar-refractivity contribution in [2.45, 2.75) is 43.0 Å². The van der Waals surface area contributed by atoms with Crippen LogP contribution < -0.4 is 9.50 Å². The summed E-state index contributed by atoms with van der Waals surface area (Å²) in [6, 6.07) is 21.6. The quantitative estimate of drug-likeness (QED) is 0.394. The molecule has 7 heteroatoms. The SMILES string of the molecule is O=S(=O)(Oc1ccccc1-c1nc2ccccn2c1NC1CCCCC1)c1ccccc1. The second-order valence-corrected chi connectivity index (χ2v) is 9.61. The third-order valence-electron chi connectivity index (χ3n) is 5.85. The lowest BCUT2D eigenvalue weighted by Gasteiger charge is -2.24. The van der Waals surface area contributed by atoms with Crippen molar-refractivity contribution in [1.29, 1.82) is 0 Å². The molecule has 2 aromatic heterocycles. The molecule has 0 bridgehead atoms.